The first-order valence-corrected chi connectivity index (χ1v) is 6.56. The lowest BCUT2D eigenvalue weighted by Gasteiger charge is -2.15. The average Bonchev–Trinajstić information content (AvgIpc) is 2.92. The summed E-state index contributed by atoms with van der Waals surface area (Å²) in [5, 5.41) is 1.85. The van der Waals surface area contributed by atoms with Gasteiger partial charge in [0.1, 0.15) is 4.88 Å². The van der Waals surface area contributed by atoms with Gasteiger partial charge in [0.05, 0.1) is 18.4 Å². The SMILES string of the molecule is CN(C(=O)c1sccc1C#CCN)c1cccnc1. The van der Waals surface area contributed by atoms with Crippen molar-refractivity contribution in [1.29, 1.82) is 0 Å². The van der Waals surface area contributed by atoms with Crippen LogP contribution in [0.2, 0.25) is 0 Å². The second-order valence-electron chi connectivity index (χ2n) is 3.74. The number of pyridine rings is 1. The van der Waals surface area contributed by atoms with Crippen LogP contribution in [-0.2, 0) is 0 Å². The highest BCUT2D eigenvalue weighted by atomic mass is 32.1. The van der Waals surface area contributed by atoms with Gasteiger partial charge in [-0.05, 0) is 23.6 Å². The Morgan fingerprint density at radius 3 is 3.05 bits per heavy atom. The fourth-order valence-electron chi connectivity index (χ4n) is 1.54. The van der Waals surface area contributed by atoms with E-state index in [9.17, 15) is 4.79 Å². The third-order valence-corrected chi connectivity index (χ3v) is 3.42. The van der Waals surface area contributed by atoms with E-state index in [-0.39, 0.29) is 12.5 Å². The Morgan fingerprint density at radius 2 is 2.37 bits per heavy atom. The third kappa shape index (κ3) is 2.99. The van der Waals surface area contributed by atoms with Gasteiger partial charge in [-0.25, -0.2) is 0 Å². The highest BCUT2D eigenvalue weighted by Gasteiger charge is 2.17. The summed E-state index contributed by atoms with van der Waals surface area (Å²) in [6, 6.07) is 5.46. The molecule has 4 nitrogen and oxygen atoms in total. The largest absolute Gasteiger partial charge is 0.320 e. The second-order valence-corrected chi connectivity index (χ2v) is 4.66. The summed E-state index contributed by atoms with van der Waals surface area (Å²) in [5.74, 6) is 5.59. The summed E-state index contributed by atoms with van der Waals surface area (Å²) in [6.45, 7) is 0.280. The number of nitrogens with zero attached hydrogens (tertiary/aromatic N) is 2. The molecule has 0 spiro atoms. The molecule has 0 saturated carbocycles. The van der Waals surface area contributed by atoms with Crippen molar-refractivity contribution in [2.75, 3.05) is 18.5 Å². The molecule has 5 heteroatoms. The number of nitrogens with two attached hydrogens (primary N) is 1. The fraction of sp³-hybridized carbons (Fsp3) is 0.143. The quantitative estimate of drug-likeness (QED) is 0.846. The minimum absolute atomic E-state index is 0.0932. The summed E-state index contributed by atoms with van der Waals surface area (Å²) in [4.78, 5) is 18.6. The number of amides is 1. The molecule has 2 rings (SSSR count). The number of carbonyl (C=O) groups is 1. The number of anilines is 1. The smallest absolute Gasteiger partial charge is 0.269 e. The molecule has 0 saturated heterocycles. The average molecular weight is 271 g/mol. The molecule has 0 fully saturated rings. The molecule has 2 heterocycles. The van der Waals surface area contributed by atoms with E-state index in [0.717, 1.165) is 11.3 Å². The number of thiophene rings is 1. The van der Waals surface area contributed by atoms with Crippen molar-refractivity contribution in [2.45, 2.75) is 0 Å². The zero-order valence-electron chi connectivity index (χ0n) is 10.5. The van der Waals surface area contributed by atoms with Gasteiger partial charge in [0.25, 0.3) is 5.91 Å². The Kier molecular flexibility index (Phi) is 4.29. The van der Waals surface area contributed by atoms with E-state index < -0.39 is 0 Å². The number of rotatable bonds is 2. The van der Waals surface area contributed by atoms with Crippen molar-refractivity contribution in [3.05, 3.63) is 46.4 Å². The molecule has 19 heavy (non-hydrogen) atoms. The van der Waals surface area contributed by atoms with Crippen LogP contribution in [0.3, 0.4) is 0 Å². The minimum Gasteiger partial charge on any atom is -0.320 e. The predicted molar refractivity (Wildman–Crippen MR) is 77.2 cm³/mol. The molecule has 2 aromatic heterocycles. The first-order chi connectivity index (χ1) is 9.24. The van der Waals surface area contributed by atoms with Gasteiger partial charge in [-0.15, -0.1) is 11.3 Å². The van der Waals surface area contributed by atoms with Crippen LogP contribution in [0.5, 0.6) is 0 Å². The lowest BCUT2D eigenvalue weighted by Crippen LogP contribution is -2.26. The Labute approximate surface area is 115 Å². The molecule has 96 valence electrons. The van der Waals surface area contributed by atoms with Crippen molar-refractivity contribution < 1.29 is 4.79 Å². The zero-order chi connectivity index (χ0) is 13.7. The molecule has 0 aliphatic rings. The fourth-order valence-corrected chi connectivity index (χ4v) is 2.37. The highest BCUT2D eigenvalue weighted by molar-refractivity contribution is 7.12. The van der Waals surface area contributed by atoms with Gasteiger partial charge in [-0.3, -0.25) is 9.78 Å². The molecule has 0 radical (unpaired) electrons. The van der Waals surface area contributed by atoms with E-state index >= 15 is 0 Å². The van der Waals surface area contributed by atoms with Crippen LogP contribution in [0.1, 0.15) is 15.2 Å². The molecule has 0 atom stereocenters. The normalized spacial score (nSPS) is 9.58. The van der Waals surface area contributed by atoms with Crippen molar-refractivity contribution >= 4 is 22.9 Å². The van der Waals surface area contributed by atoms with E-state index in [0.29, 0.717) is 4.88 Å². The van der Waals surface area contributed by atoms with Crippen LogP contribution in [0, 0.1) is 11.8 Å². The van der Waals surface area contributed by atoms with Gasteiger partial charge in [0.15, 0.2) is 0 Å². The van der Waals surface area contributed by atoms with Crippen molar-refractivity contribution in [3.8, 4) is 11.8 Å². The van der Waals surface area contributed by atoms with E-state index in [1.807, 2.05) is 17.5 Å². The van der Waals surface area contributed by atoms with Crippen LogP contribution in [0.4, 0.5) is 5.69 Å². The molecule has 2 N–H and O–H groups in total. The summed E-state index contributed by atoms with van der Waals surface area (Å²) >= 11 is 1.38. The Morgan fingerprint density at radius 1 is 1.53 bits per heavy atom. The second kappa shape index (κ2) is 6.14. The lowest BCUT2D eigenvalue weighted by atomic mass is 10.2. The Bertz CT molecular complexity index is 625. The predicted octanol–water partition coefficient (Wildman–Crippen LogP) is 1.73. The molecule has 0 aromatic carbocycles. The number of hydrogen-bond donors (Lipinski definition) is 1. The molecule has 0 unspecified atom stereocenters. The van der Waals surface area contributed by atoms with Crippen molar-refractivity contribution in [3.63, 3.8) is 0 Å². The van der Waals surface area contributed by atoms with E-state index in [1.54, 1.807) is 30.4 Å². The van der Waals surface area contributed by atoms with Crippen LogP contribution >= 0.6 is 11.3 Å². The summed E-state index contributed by atoms with van der Waals surface area (Å²) < 4.78 is 0. The maximum Gasteiger partial charge on any atom is 0.269 e. The van der Waals surface area contributed by atoms with Crippen LogP contribution in [-0.4, -0.2) is 24.5 Å². The highest BCUT2D eigenvalue weighted by Crippen LogP contribution is 2.20. The topological polar surface area (TPSA) is 59.2 Å². The van der Waals surface area contributed by atoms with Gasteiger partial charge in [-0.2, -0.15) is 0 Å². The number of hydrogen-bond acceptors (Lipinski definition) is 4. The monoisotopic (exact) mass is 271 g/mol. The molecule has 0 bridgehead atoms. The van der Waals surface area contributed by atoms with Gasteiger partial charge in [-0.1, -0.05) is 11.8 Å². The summed E-state index contributed by atoms with van der Waals surface area (Å²) in [7, 11) is 1.72. The van der Waals surface area contributed by atoms with Gasteiger partial charge in [0.2, 0.25) is 0 Å². The zero-order valence-corrected chi connectivity index (χ0v) is 11.3. The molecule has 2 aromatic rings. The first kappa shape index (κ1) is 13.3. The van der Waals surface area contributed by atoms with Gasteiger partial charge >= 0.3 is 0 Å². The summed E-state index contributed by atoms with van der Waals surface area (Å²) in [6.07, 6.45) is 3.32. The van der Waals surface area contributed by atoms with Crippen LogP contribution in [0.15, 0.2) is 36.0 Å². The molecule has 0 aliphatic heterocycles. The lowest BCUT2D eigenvalue weighted by molar-refractivity contribution is 0.0996. The van der Waals surface area contributed by atoms with Crippen molar-refractivity contribution in [2.24, 2.45) is 5.73 Å². The first-order valence-electron chi connectivity index (χ1n) is 5.68. The van der Waals surface area contributed by atoms with Crippen LogP contribution in [0.25, 0.3) is 0 Å². The standard InChI is InChI=1S/C14H13N3OS/c1-17(12-5-3-8-16-10-12)14(18)13-11(4-2-7-15)6-9-19-13/h3,5-6,8-10H,7,15H2,1H3. The van der Waals surface area contributed by atoms with E-state index in [2.05, 4.69) is 16.8 Å². The Hall–Kier alpha value is -2.16. The Balaban J connectivity index is 2.28. The summed E-state index contributed by atoms with van der Waals surface area (Å²) in [5.41, 5.74) is 6.82. The van der Waals surface area contributed by atoms with Gasteiger partial charge in [0, 0.05) is 18.8 Å². The minimum atomic E-state index is -0.0932. The molecular formula is C14H13N3OS. The maximum atomic E-state index is 12.4. The molecule has 1 amide bonds. The third-order valence-electron chi connectivity index (χ3n) is 2.52. The molecular weight excluding hydrogens is 258 g/mol. The van der Waals surface area contributed by atoms with Crippen molar-refractivity contribution in [1.82, 2.24) is 4.98 Å². The molecule has 0 aliphatic carbocycles. The maximum absolute atomic E-state index is 12.4. The van der Waals surface area contributed by atoms with Crippen LogP contribution < -0.4 is 10.6 Å². The van der Waals surface area contributed by atoms with E-state index in [4.69, 9.17) is 5.73 Å². The number of aromatic nitrogens is 1. The van der Waals surface area contributed by atoms with Gasteiger partial charge < -0.3 is 10.6 Å². The number of carbonyl (C=O) groups excluding carboxylic acids is 1. The van der Waals surface area contributed by atoms with E-state index in [1.165, 1.54) is 11.3 Å².